The first-order valence-electron chi connectivity index (χ1n) is 5.97. The van der Waals surface area contributed by atoms with Crippen LogP contribution in [-0.4, -0.2) is 10.1 Å². The number of aromatic nitrogens is 2. The molecule has 2 aromatic rings. The van der Waals surface area contributed by atoms with Gasteiger partial charge in [0, 0.05) is 10.8 Å². The SMILES string of the molecule is NC(c1nc(C2CCCC2)no1)c1cccs1. The lowest BCUT2D eigenvalue weighted by molar-refractivity contribution is 0.360. The summed E-state index contributed by atoms with van der Waals surface area (Å²) in [6, 6.07) is 3.70. The molecule has 0 bridgehead atoms. The van der Waals surface area contributed by atoms with Crippen molar-refractivity contribution in [3.05, 3.63) is 34.1 Å². The Morgan fingerprint density at radius 2 is 2.24 bits per heavy atom. The fourth-order valence-corrected chi connectivity index (χ4v) is 3.03. The van der Waals surface area contributed by atoms with Crippen LogP contribution in [0.15, 0.2) is 22.0 Å². The molecule has 1 aliphatic rings. The Kier molecular flexibility index (Phi) is 2.94. The van der Waals surface area contributed by atoms with Crippen LogP contribution in [0.25, 0.3) is 0 Å². The summed E-state index contributed by atoms with van der Waals surface area (Å²) in [4.78, 5) is 5.51. The van der Waals surface area contributed by atoms with Gasteiger partial charge in [0.15, 0.2) is 5.82 Å². The van der Waals surface area contributed by atoms with Crippen molar-refractivity contribution in [1.82, 2.24) is 10.1 Å². The average Bonchev–Trinajstić information content (AvgIpc) is 3.09. The molecule has 0 saturated heterocycles. The Morgan fingerprint density at radius 1 is 1.41 bits per heavy atom. The van der Waals surface area contributed by atoms with E-state index in [1.807, 2.05) is 17.5 Å². The van der Waals surface area contributed by atoms with Gasteiger partial charge in [0.1, 0.15) is 6.04 Å². The Balaban J connectivity index is 1.80. The second kappa shape index (κ2) is 4.58. The van der Waals surface area contributed by atoms with Crippen molar-refractivity contribution in [3.63, 3.8) is 0 Å². The van der Waals surface area contributed by atoms with Gasteiger partial charge in [0.25, 0.3) is 0 Å². The zero-order valence-electron chi connectivity index (χ0n) is 9.50. The van der Waals surface area contributed by atoms with Crippen molar-refractivity contribution in [2.75, 3.05) is 0 Å². The number of thiophene rings is 1. The third-order valence-electron chi connectivity index (χ3n) is 3.29. The minimum atomic E-state index is -0.280. The van der Waals surface area contributed by atoms with Gasteiger partial charge >= 0.3 is 0 Å². The molecule has 0 aliphatic heterocycles. The Hall–Kier alpha value is -1.20. The summed E-state index contributed by atoms with van der Waals surface area (Å²) in [7, 11) is 0. The smallest absolute Gasteiger partial charge is 0.248 e. The van der Waals surface area contributed by atoms with E-state index < -0.39 is 0 Å². The predicted octanol–water partition coefficient (Wildman–Crippen LogP) is 2.84. The van der Waals surface area contributed by atoms with E-state index in [-0.39, 0.29) is 6.04 Å². The minimum Gasteiger partial charge on any atom is -0.337 e. The lowest BCUT2D eigenvalue weighted by Gasteiger charge is -2.02. The molecule has 90 valence electrons. The van der Waals surface area contributed by atoms with Gasteiger partial charge in [-0.3, -0.25) is 0 Å². The van der Waals surface area contributed by atoms with Gasteiger partial charge in [-0.25, -0.2) is 0 Å². The van der Waals surface area contributed by atoms with Gasteiger partial charge in [-0.15, -0.1) is 11.3 Å². The summed E-state index contributed by atoms with van der Waals surface area (Å²) in [5, 5.41) is 6.07. The van der Waals surface area contributed by atoms with E-state index in [1.165, 1.54) is 25.7 Å². The zero-order valence-corrected chi connectivity index (χ0v) is 10.3. The lowest BCUT2D eigenvalue weighted by atomic mass is 10.1. The highest BCUT2D eigenvalue weighted by Gasteiger charge is 2.24. The third kappa shape index (κ3) is 2.12. The number of nitrogens with zero attached hydrogens (tertiary/aromatic N) is 2. The predicted molar refractivity (Wildman–Crippen MR) is 65.9 cm³/mol. The molecule has 0 aromatic carbocycles. The van der Waals surface area contributed by atoms with Crippen molar-refractivity contribution in [2.24, 2.45) is 5.73 Å². The molecule has 1 aliphatic carbocycles. The lowest BCUT2D eigenvalue weighted by Crippen LogP contribution is -2.10. The summed E-state index contributed by atoms with van der Waals surface area (Å²) in [5.74, 6) is 1.85. The molecule has 1 atom stereocenters. The van der Waals surface area contributed by atoms with E-state index in [4.69, 9.17) is 10.3 Å². The van der Waals surface area contributed by atoms with Crippen LogP contribution < -0.4 is 5.73 Å². The number of nitrogens with two attached hydrogens (primary N) is 1. The van der Waals surface area contributed by atoms with E-state index in [1.54, 1.807) is 11.3 Å². The average molecular weight is 249 g/mol. The second-order valence-corrected chi connectivity index (χ2v) is 5.44. The Morgan fingerprint density at radius 3 is 2.94 bits per heavy atom. The van der Waals surface area contributed by atoms with Crippen LogP contribution in [0.1, 0.15) is 54.2 Å². The van der Waals surface area contributed by atoms with Gasteiger partial charge in [-0.2, -0.15) is 4.98 Å². The molecule has 2 aromatic heterocycles. The van der Waals surface area contributed by atoms with Gasteiger partial charge in [-0.05, 0) is 24.3 Å². The molecule has 4 nitrogen and oxygen atoms in total. The molecule has 0 radical (unpaired) electrons. The number of hydrogen-bond donors (Lipinski definition) is 1. The monoisotopic (exact) mass is 249 g/mol. The van der Waals surface area contributed by atoms with E-state index >= 15 is 0 Å². The highest BCUT2D eigenvalue weighted by molar-refractivity contribution is 7.10. The molecule has 17 heavy (non-hydrogen) atoms. The van der Waals surface area contributed by atoms with Crippen LogP contribution >= 0.6 is 11.3 Å². The largest absolute Gasteiger partial charge is 0.337 e. The molecule has 1 saturated carbocycles. The third-order valence-corrected chi connectivity index (χ3v) is 4.25. The quantitative estimate of drug-likeness (QED) is 0.908. The van der Waals surface area contributed by atoms with Gasteiger partial charge in [-0.1, -0.05) is 24.1 Å². The standard InChI is InChI=1S/C12H15N3OS/c13-10(9-6-3-7-17-9)12-14-11(15-16-12)8-4-1-2-5-8/h3,6-8,10H,1-2,4-5,13H2. The minimum absolute atomic E-state index is 0.280. The maximum Gasteiger partial charge on any atom is 0.248 e. The maximum absolute atomic E-state index is 6.09. The van der Waals surface area contributed by atoms with Crippen LogP contribution in [0.2, 0.25) is 0 Å². The van der Waals surface area contributed by atoms with Crippen LogP contribution in [0.4, 0.5) is 0 Å². The number of hydrogen-bond acceptors (Lipinski definition) is 5. The van der Waals surface area contributed by atoms with E-state index in [0.29, 0.717) is 11.8 Å². The molecular weight excluding hydrogens is 234 g/mol. The number of rotatable bonds is 3. The van der Waals surface area contributed by atoms with E-state index in [2.05, 4.69) is 10.1 Å². The van der Waals surface area contributed by atoms with Crippen molar-refractivity contribution < 1.29 is 4.52 Å². The van der Waals surface area contributed by atoms with Gasteiger partial charge in [0.2, 0.25) is 5.89 Å². The molecule has 1 unspecified atom stereocenters. The summed E-state index contributed by atoms with van der Waals surface area (Å²) in [5.41, 5.74) is 6.09. The maximum atomic E-state index is 6.09. The van der Waals surface area contributed by atoms with Crippen LogP contribution in [-0.2, 0) is 0 Å². The summed E-state index contributed by atoms with van der Waals surface area (Å²) >= 11 is 1.61. The Bertz CT molecular complexity index is 474. The van der Waals surface area contributed by atoms with Crippen LogP contribution in [0.3, 0.4) is 0 Å². The molecule has 5 heteroatoms. The van der Waals surface area contributed by atoms with Crippen molar-refractivity contribution in [2.45, 2.75) is 37.6 Å². The molecule has 3 rings (SSSR count). The molecular formula is C12H15N3OS. The molecule has 0 spiro atoms. The molecule has 1 fully saturated rings. The van der Waals surface area contributed by atoms with E-state index in [0.717, 1.165) is 10.7 Å². The highest BCUT2D eigenvalue weighted by Crippen LogP contribution is 2.33. The molecule has 2 heterocycles. The van der Waals surface area contributed by atoms with Gasteiger partial charge in [0.05, 0.1) is 0 Å². The molecule has 0 amide bonds. The van der Waals surface area contributed by atoms with E-state index in [9.17, 15) is 0 Å². The van der Waals surface area contributed by atoms with Crippen LogP contribution in [0, 0.1) is 0 Å². The second-order valence-electron chi connectivity index (χ2n) is 4.47. The first-order chi connectivity index (χ1) is 8.34. The normalized spacial score (nSPS) is 18.6. The van der Waals surface area contributed by atoms with Crippen molar-refractivity contribution >= 4 is 11.3 Å². The zero-order chi connectivity index (χ0) is 11.7. The summed E-state index contributed by atoms with van der Waals surface area (Å²) in [6.07, 6.45) is 4.89. The van der Waals surface area contributed by atoms with Crippen molar-refractivity contribution in [1.29, 1.82) is 0 Å². The molecule has 2 N–H and O–H groups in total. The highest BCUT2D eigenvalue weighted by atomic mass is 32.1. The first kappa shape index (κ1) is 10.9. The summed E-state index contributed by atoms with van der Waals surface area (Å²) < 4.78 is 5.28. The van der Waals surface area contributed by atoms with Crippen LogP contribution in [0.5, 0.6) is 0 Å². The van der Waals surface area contributed by atoms with Crippen molar-refractivity contribution in [3.8, 4) is 0 Å². The fourth-order valence-electron chi connectivity index (χ4n) is 2.31. The Labute approximate surface area is 104 Å². The fraction of sp³-hybridized carbons (Fsp3) is 0.500. The summed E-state index contributed by atoms with van der Waals surface area (Å²) in [6.45, 7) is 0. The van der Waals surface area contributed by atoms with Gasteiger partial charge < -0.3 is 10.3 Å². The topological polar surface area (TPSA) is 64.9 Å². The first-order valence-corrected chi connectivity index (χ1v) is 6.85.